The first-order valence-electron chi connectivity index (χ1n) is 9.41. The van der Waals surface area contributed by atoms with Crippen LogP contribution in [0.25, 0.3) is 17.4 Å². The summed E-state index contributed by atoms with van der Waals surface area (Å²) in [7, 11) is 0. The minimum absolute atomic E-state index is 0.149. The van der Waals surface area contributed by atoms with Crippen molar-refractivity contribution in [2.75, 3.05) is 13.2 Å². The minimum atomic E-state index is -0.369. The Labute approximate surface area is 193 Å². The summed E-state index contributed by atoms with van der Waals surface area (Å²) in [6.07, 6.45) is 1.57. The molecular weight excluding hydrogens is 457 g/mol. The summed E-state index contributed by atoms with van der Waals surface area (Å²) < 4.78 is 11.4. The number of halogens is 2. The van der Waals surface area contributed by atoms with Crippen LogP contribution in [0.3, 0.4) is 0 Å². The number of ether oxygens (including phenoxy) is 1. The summed E-state index contributed by atoms with van der Waals surface area (Å²) in [6.45, 7) is 2.26. The average molecular weight is 474 g/mol. The van der Waals surface area contributed by atoms with Crippen molar-refractivity contribution in [3.05, 3.63) is 80.9 Å². The normalized spacial score (nSPS) is 15.2. The number of carbonyl (C=O) groups excluding carboxylic acids is 2. The molecule has 0 atom stereocenters. The SMILES string of the molecule is Cc1ccc(-c2ccc(/C=C3\SC(=O)N(CCOc4ccc(Cl)cc4)C3=O)o2)cc1Cl. The second-order valence-corrected chi connectivity index (χ2v) is 8.64. The predicted octanol–water partition coefficient (Wildman–Crippen LogP) is 6.68. The van der Waals surface area contributed by atoms with Gasteiger partial charge in [-0.2, -0.15) is 0 Å². The zero-order chi connectivity index (χ0) is 22.0. The second kappa shape index (κ2) is 9.22. The minimum Gasteiger partial charge on any atom is -0.492 e. The lowest BCUT2D eigenvalue weighted by Gasteiger charge is -2.13. The van der Waals surface area contributed by atoms with Crippen molar-refractivity contribution in [3.63, 3.8) is 0 Å². The molecule has 5 nitrogen and oxygen atoms in total. The van der Waals surface area contributed by atoms with Gasteiger partial charge in [0.05, 0.1) is 11.4 Å². The maximum atomic E-state index is 12.7. The molecule has 2 aromatic carbocycles. The molecule has 0 unspecified atom stereocenters. The Morgan fingerprint density at radius 3 is 2.58 bits per heavy atom. The smallest absolute Gasteiger partial charge is 0.293 e. The molecule has 3 aromatic rings. The summed E-state index contributed by atoms with van der Waals surface area (Å²) in [4.78, 5) is 26.4. The molecule has 158 valence electrons. The van der Waals surface area contributed by atoms with Gasteiger partial charge in [-0.25, -0.2) is 0 Å². The number of aryl methyl sites for hydroxylation is 1. The van der Waals surface area contributed by atoms with Crippen LogP contribution in [0.1, 0.15) is 11.3 Å². The van der Waals surface area contributed by atoms with E-state index < -0.39 is 0 Å². The van der Waals surface area contributed by atoms with E-state index in [1.54, 1.807) is 42.5 Å². The molecule has 0 saturated carbocycles. The van der Waals surface area contributed by atoms with Crippen LogP contribution >= 0.6 is 35.0 Å². The third-order valence-electron chi connectivity index (χ3n) is 4.63. The zero-order valence-electron chi connectivity index (χ0n) is 16.4. The van der Waals surface area contributed by atoms with Crippen LogP contribution in [0.4, 0.5) is 4.79 Å². The number of hydrogen-bond donors (Lipinski definition) is 0. The first-order chi connectivity index (χ1) is 14.9. The molecule has 1 saturated heterocycles. The van der Waals surface area contributed by atoms with E-state index >= 15 is 0 Å². The van der Waals surface area contributed by atoms with E-state index in [1.807, 2.05) is 25.1 Å². The van der Waals surface area contributed by atoms with Gasteiger partial charge in [-0.3, -0.25) is 14.5 Å². The van der Waals surface area contributed by atoms with Gasteiger partial charge < -0.3 is 9.15 Å². The molecule has 0 radical (unpaired) electrons. The maximum absolute atomic E-state index is 12.7. The largest absolute Gasteiger partial charge is 0.492 e. The first-order valence-corrected chi connectivity index (χ1v) is 11.0. The van der Waals surface area contributed by atoms with Crippen molar-refractivity contribution >= 4 is 52.2 Å². The average Bonchev–Trinajstić information content (AvgIpc) is 3.31. The fourth-order valence-electron chi connectivity index (χ4n) is 2.94. The van der Waals surface area contributed by atoms with Crippen LogP contribution in [-0.2, 0) is 4.79 Å². The number of carbonyl (C=O) groups is 2. The molecule has 2 heterocycles. The van der Waals surface area contributed by atoms with Gasteiger partial charge in [0, 0.05) is 21.7 Å². The van der Waals surface area contributed by atoms with Gasteiger partial charge in [0.15, 0.2) is 0 Å². The topological polar surface area (TPSA) is 59.8 Å². The van der Waals surface area contributed by atoms with Gasteiger partial charge in [0.25, 0.3) is 11.1 Å². The van der Waals surface area contributed by atoms with E-state index in [0.29, 0.717) is 32.2 Å². The van der Waals surface area contributed by atoms with Crippen LogP contribution < -0.4 is 4.74 Å². The monoisotopic (exact) mass is 473 g/mol. The molecule has 31 heavy (non-hydrogen) atoms. The lowest BCUT2D eigenvalue weighted by Crippen LogP contribution is -2.32. The molecule has 2 amide bonds. The Bertz CT molecular complexity index is 1170. The third-order valence-corrected chi connectivity index (χ3v) is 6.19. The fourth-order valence-corrected chi connectivity index (χ4v) is 4.09. The molecular formula is C23H17Cl2NO4S. The maximum Gasteiger partial charge on any atom is 0.293 e. The lowest BCUT2D eigenvalue weighted by molar-refractivity contribution is -0.123. The van der Waals surface area contributed by atoms with E-state index in [-0.39, 0.29) is 24.3 Å². The molecule has 1 aromatic heterocycles. The van der Waals surface area contributed by atoms with Crippen LogP contribution in [0.2, 0.25) is 10.0 Å². The summed E-state index contributed by atoms with van der Waals surface area (Å²) in [5, 5.41) is 0.917. The number of rotatable bonds is 6. The van der Waals surface area contributed by atoms with E-state index in [2.05, 4.69) is 0 Å². The predicted molar refractivity (Wildman–Crippen MR) is 124 cm³/mol. The third kappa shape index (κ3) is 4.98. The molecule has 0 aliphatic carbocycles. The van der Waals surface area contributed by atoms with Gasteiger partial charge >= 0.3 is 0 Å². The quantitative estimate of drug-likeness (QED) is 0.373. The van der Waals surface area contributed by atoms with Crippen molar-refractivity contribution in [3.8, 4) is 17.1 Å². The molecule has 8 heteroatoms. The van der Waals surface area contributed by atoms with Crippen molar-refractivity contribution in [2.24, 2.45) is 0 Å². The van der Waals surface area contributed by atoms with Crippen molar-refractivity contribution in [1.82, 2.24) is 4.90 Å². The van der Waals surface area contributed by atoms with Gasteiger partial charge in [-0.1, -0.05) is 35.3 Å². The van der Waals surface area contributed by atoms with Crippen molar-refractivity contribution in [2.45, 2.75) is 6.92 Å². The van der Waals surface area contributed by atoms with E-state index in [9.17, 15) is 9.59 Å². The molecule has 4 rings (SSSR count). The number of furan rings is 1. The second-order valence-electron chi connectivity index (χ2n) is 6.80. The number of nitrogens with zero attached hydrogens (tertiary/aromatic N) is 1. The van der Waals surface area contributed by atoms with Crippen molar-refractivity contribution < 1.29 is 18.7 Å². The Morgan fingerprint density at radius 2 is 1.84 bits per heavy atom. The lowest BCUT2D eigenvalue weighted by atomic mass is 10.1. The van der Waals surface area contributed by atoms with Crippen LogP contribution in [0.15, 0.2) is 63.9 Å². The Morgan fingerprint density at radius 1 is 1.06 bits per heavy atom. The van der Waals surface area contributed by atoms with Gasteiger partial charge in [-0.15, -0.1) is 0 Å². The Hall–Kier alpha value is -2.67. The zero-order valence-corrected chi connectivity index (χ0v) is 18.8. The van der Waals surface area contributed by atoms with Gasteiger partial charge in [0.1, 0.15) is 23.9 Å². The van der Waals surface area contributed by atoms with E-state index in [1.165, 1.54) is 0 Å². The summed E-state index contributed by atoms with van der Waals surface area (Å²) in [6, 6.07) is 16.1. The number of amides is 2. The molecule has 0 bridgehead atoms. The number of imide groups is 1. The molecule has 0 N–H and O–H groups in total. The van der Waals surface area contributed by atoms with Crippen LogP contribution in [0, 0.1) is 6.92 Å². The van der Waals surface area contributed by atoms with Gasteiger partial charge in [0.2, 0.25) is 0 Å². The highest BCUT2D eigenvalue weighted by Gasteiger charge is 2.35. The summed E-state index contributed by atoms with van der Waals surface area (Å²) >= 11 is 12.9. The summed E-state index contributed by atoms with van der Waals surface area (Å²) in [5.74, 6) is 1.36. The number of thioether (sulfide) groups is 1. The highest BCUT2D eigenvalue weighted by molar-refractivity contribution is 8.18. The van der Waals surface area contributed by atoms with Crippen LogP contribution in [0.5, 0.6) is 5.75 Å². The number of benzene rings is 2. The van der Waals surface area contributed by atoms with Crippen molar-refractivity contribution in [1.29, 1.82) is 0 Å². The molecule has 1 aliphatic heterocycles. The number of hydrogen-bond acceptors (Lipinski definition) is 5. The highest BCUT2D eigenvalue weighted by Crippen LogP contribution is 2.33. The molecule has 1 fully saturated rings. The van der Waals surface area contributed by atoms with Gasteiger partial charge in [-0.05, 0) is 66.7 Å². The Kier molecular flexibility index (Phi) is 6.41. The first kappa shape index (κ1) is 21.6. The van der Waals surface area contributed by atoms with E-state index in [0.717, 1.165) is 27.8 Å². The summed E-state index contributed by atoms with van der Waals surface area (Å²) in [5.41, 5.74) is 1.81. The highest BCUT2D eigenvalue weighted by atomic mass is 35.5. The molecule has 1 aliphatic rings. The molecule has 0 spiro atoms. The van der Waals surface area contributed by atoms with E-state index in [4.69, 9.17) is 32.4 Å². The Balaban J connectivity index is 1.41. The fraction of sp³-hybridized carbons (Fsp3) is 0.130. The standard InChI is InChI=1S/C23H17Cl2NO4S/c1-14-2-3-15(12-19(14)25)20-9-8-18(30-20)13-21-22(27)26(23(28)31-21)10-11-29-17-6-4-16(24)5-7-17/h2-9,12-13H,10-11H2,1H3/b21-13-. The van der Waals surface area contributed by atoms with Crippen LogP contribution in [-0.4, -0.2) is 29.2 Å².